The maximum Gasteiger partial charge on any atom is 0.124 e. The fourth-order valence-electron chi connectivity index (χ4n) is 1.16. The molecular formula is C11H13ClFNO. The molecule has 1 aromatic rings. The van der Waals surface area contributed by atoms with E-state index >= 15 is 0 Å². The van der Waals surface area contributed by atoms with Gasteiger partial charge in [0.05, 0.1) is 0 Å². The van der Waals surface area contributed by atoms with Crippen LogP contribution in [-0.2, 0) is 0 Å². The van der Waals surface area contributed by atoms with Crippen molar-refractivity contribution >= 4 is 11.6 Å². The molecule has 2 N–H and O–H groups in total. The van der Waals surface area contributed by atoms with E-state index in [9.17, 15) is 4.39 Å². The Bertz CT molecular complexity index is 366. The lowest BCUT2D eigenvalue weighted by Crippen LogP contribution is -2.09. The second kappa shape index (κ2) is 5.14. The van der Waals surface area contributed by atoms with Gasteiger partial charge in [-0.25, -0.2) is 4.39 Å². The summed E-state index contributed by atoms with van der Waals surface area (Å²) in [5.41, 5.74) is 6.31. The molecule has 0 heterocycles. The minimum atomic E-state index is -0.334. The van der Waals surface area contributed by atoms with Crippen LogP contribution in [0, 0.1) is 5.82 Å². The quantitative estimate of drug-likeness (QED) is 0.862. The fourth-order valence-corrected chi connectivity index (χ4v) is 1.22. The van der Waals surface area contributed by atoms with E-state index in [4.69, 9.17) is 22.1 Å². The molecule has 0 amide bonds. The van der Waals surface area contributed by atoms with Crippen LogP contribution in [0.2, 0.25) is 0 Å². The van der Waals surface area contributed by atoms with Crippen LogP contribution in [-0.4, -0.2) is 6.61 Å². The number of halogens is 2. The standard InChI is InChI=1S/C11H13ClFNO/c1-7(12)6-15-11-4-3-9(13)5-10(11)8(2)14/h3-5,8H,1,6,14H2,2H3/t8-/m1/s1. The van der Waals surface area contributed by atoms with Crippen LogP contribution in [0.3, 0.4) is 0 Å². The molecule has 4 heteroatoms. The monoisotopic (exact) mass is 229 g/mol. The molecule has 0 aliphatic rings. The number of rotatable bonds is 4. The second-order valence-electron chi connectivity index (χ2n) is 3.28. The van der Waals surface area contributed by atoms with Gasteiger partial charge in [0.25, 0.3) is 0 Å². The van der Waals surface area contributed by atoms with Crippen molar-refractivity contribution in [2.75, 3.05) is 6.61 Å². The Kier molecular flexibility index (Phi) is 4.12. The molecule has 1 atom stereocenters. The molecule has 0 radical (unpaired) electrons. The van der Waals surface area contributed by atoms with Gasteiger partial charge in [-0.15, -0.1) is 0 Å². The Morgan fingerprint density at radius 2 is 2.33 bits per heavy atom. The third kappa shape index (κ3) is 3.53. The summed E-state index contributed by atoms with van der Waals surface area (Å²) in [6.07, 6.45) is 0. The Hall–Kier alpha value is -1.06. The number of hydrogen-bond acceptors (Lipinski definition) is 2. The van der Waals surface area contributed by atoms with E-state index in [1.54, 1.807) is 6.92 Å². The van der Waals surface area contributed by atoms with Crippen LogP contribution >= 0.6 is 11.6 Å². The van der Waals surface area contributed by atoms with Gasteiger partial charge in [-0.2, -0.15) is 0 Å². The van der Waals surface area contributed by atoms with Gasteiger partial charge in [0, 0.05) is 16.6 Å². The molecule has 0 saturated heterocycles. The minimum Gasteiger partial charge on any atom is -0.488 e. The summed E-state index contributed by atoms with van der Waals surface area (Å²) in [7, 11) is 0. The first-order valence-corrected chi connectivity index (χ1v) is 4.89. The largest absolute Gasteiger partial charge is 0.488 e. The van der Waals surface area contributed by atoms with Crippen LogP contribution in [0.25, 0.3) is 0 Å². The van der Waals surface area contributed by atoms with Crippen molar-refractivity contribution in [1.82, 2.24) is 0 Å². The molecule has 0 unspecified atom stereocenters. The van der Waals surface area contributed by atoms with Crippen molar-refractivity contribution in [3.05, 3.63) is 41.2 Å². The normalized spacial score (nSPS) is 12.3. The second-order valence-corrected chi connectivity index (χ2v) is 3.81. The first-order valence-electron chi connectivity index (χ1n) is 4.52. The fraction of sp³-hybridized carbons (Fsp3) is 0.273. The van der Waals surface area contributed by atoms with Crippen molar-refractivity contribution in [3.63, 3.8) is 0 Å². The van der Waals surface area contributed by atoms with E-state index in [-0.39, 0.29) is 18.5 Å². The topological polar surface area (TPSA) is 35.2 Å². The highest BCUT2D eigenvalue weighted by atomic mass is 35.5. The molecule has 2 nitrogen and oxygen atoms in total. The molecule has 82 valence electrons. The third-order valence-corrected chi connectivity index (χ3v) is 1.96. The molecule has 1 aromatic carbocycles. The smallest absolute Gasteiger partial charge is 0.124 e. The van der Waals surface area contributed by atoms with Gasteiger partial charge in [-0.3, -0.25) is 0 Å². The lowest BCUT2D eigenvalue weighted by molar-refractivity contribution is 0.352. The van der Waals surface area contributed by atoms with Crippen LogP contribution < -0.4 is 10.5 Å². The maximum atomic E-state index is 13.0. The average molecular weight is 230 g/mol. The van der Waals surface area contributed by atoms with E-state index in [2.05, 4.69) is 6.58 Å². The maximum absolute atomic E-state index is 13.0. The van der Waals surface area contributed by atoms with E-state index in [1.165, 1.54) is 18.2 Å². The molecular weight excluding hydrogens is 217 g/mol. The third-order valence-electron chi connectivity index (χ3n) is 1.85. The summed E-state index contributed by atoms with van der Waals surface area (Å²) >= 11 is 5.57. The molecule has 0 saturated carbocycles. The highest BCUT2D eigenvalue weighted by Crippen LogP contribution is 2.25. The lowest BCUT2D eigenvalue weighted by Gasteiger charge is -2.13. The van der Waals surface area contributed by atoms with Crippen molar-refractivity contribution < 1.29 is 9.13 Å². The van der Waals surface area contributed by atoms with Crippen molar-refractivity contribution in [1.29, 1.82) is 0 Å². The Labute approximate surface area is 93.5 Å². The van der Waals surface area contributed by atoms with Crippen LogP contribution in [0.4, 0.5) is 4.39 Å². The molecule has 0 aromatic heterocycles. The molecule has 0 aliphatic heterocycles. The molecule has 0 bridgehead atoms. The first kappa shape index (κ1) is 12.0. The van der Waals surface area contributed by atoms with Crippen LogP contribution in [0.1, 0.15) is 18.5 Å². The van der Waals surface area contributed by atoms with Gasteiger partial charge in [-0.05, 0) is 25.1 Å². The summed E-state index contributed by atoms with van der Waals surface area (Å²) in [5, 5.41) is 0.384. The molecule has 0 spiro atoms. The number of benzene rings is 1. The minimum absolute atomic E-state index is 0.187. The van der Waals surface area contributed by atoms with Gasteiger partial charge in [0.15, 0.2) is 0 Å². The van der Waals surface area contributed by atoms with Gasteiger partial charge in [-0.1, -0.05) is 18.2 Å². The number of nitrogens with two attached hydrogens (primary N) is 1. The van der Waals surface area contributed by atoms with Crippen LogP contribution in [0.5, 0.6) is 5.75 Å². The van der Waals surface area contributed by atoms with Gasteiger partial charge < -0.3 is 10.5 Å². The molecule has 15 heavy (non-hydrogen) atoms. The lowest BCUT2D eigenvalue weighted by atomic mass is 10.1. The van der Waals surface area contributed by atoms with Crippen molar-refractivity contribution in [3.8, 4) is 5.75 Å². The van der Waals surface area contributed by atoms with E-state index < -0.39 is 0 Å². The zero-order chi connectivity index (χ0) is 11.4. The first-order chi connectivity index (χ1) is 7.00. The zero-order valence-electron chi connectivity index (χ0n) is 8.47. The van der Waals surface area contributed by atoms with Crippen molar-refractivity contribution in [2.24, 2.45) is 5.73 Å². The van der Waals surface area contributed by atoms with Gasteiger partial charge in [0.1, 0.15) is 18.2 Å². The summed E-state index contributed by atoms with van der Waals surface area (Å²) < 4.78 is 18.3. The van der Waals surface area contributed by atoms with E-state index in [1.807, 2.05) is 0 Å². The predicted molar refractivity (Wildman–Crippen MR) is 59.5 cm³/mol. The molecule has 0 fully saturated rings. The number of hydrogen-bond donors (Lipinski definition) is 1. The van der Waals surface area contributed by atoms with E-state index in [0.717, 1.165) is 0 Å². The highest BCUT2D eigenvalue weighted by molar-refractivity contribution is 6.29. The molecule has 1 rings (SSSR count). The number of ether oxygens (including phenoxy) is 1. The zero-order valence-corrected chi connectivity index (χ0v) is 9.22. The summed E-state index contributed by atoms with van der Waals surface area (Å²) in [5.74, 6) is 0.201. The predicted octanol–water partition coefficient (Wildman–Crippen LogP) is 2.98. The highest BCUT2D eigenvalue weighted by Gasteiger charge is 2.09. The summed E-state index contributed by atoms with van der Waals surface area (Å²) in [4.78, 5) is 0. The van der Waals surface area contributed by atoms with Crippen molar-refractivity contribution in [2.45, 2.75) is 13.0 Å². The molecule has 0 aliphatic carbocycles. The van der Waals surface area contributed by atoms with E-state index in [0.29, 0.717) is 16.3 Å². The van der Waals surface area contributed by atoms with Crippen LogP contribution in [0.15, 0.2) is 29.8 Å². The average Bonchev–Trinajstić information content (AvgIpc) is 2.15. The van der Waals surface area contributed by atoms with Gasteiger partial charge in [0.2, 0.25) is 0 Å². The Morgan fingerprint density at radius 3 is 2.87 bits per heavy atom. The summed E-state index contributed by atoms with van der Waals surface area (Å²) in [6, 6.07) is 3.92. The Balaban J connectivity index is 2.90. The Morgan fingerprint density at radius 1 is 1.67 bits per heavy atom. The SMILES string of the molecule is C=C(Cl)COc1ccc(F)cc1[C@@H](C)N. The van der Waals surface area contributed by atoms with Gasteiger partial charge >= 0.3 is 0 Å². The summed E-state index contributed by atoms with van der Waals surface area (Å²) in [6.45, 7) is 5.45.